The van der Waals surface area contributed by atoms with Gasteiger partial charge in [-0.25, -0.2) is 5.43 Å². The molecule has 0 radical (unpaired) electrons. The van der Waals surface area contributed by atoms with E-state index in [1.165, 1.54) is 17.5 Å². The minimum Gasteiger partial charge on any atom is -0.277 e. The van der Waals surface area contributed by atoms with E-state index in [1.54, 1.807) is 18.4 Å². The maximum atomic E-state index is 12.6. The predicted molar refractivity (Wildman–Crippen MR) is 77.0 cm³/mol. The number of nitrogens with one attached hydrogen (secondary N) is 1. The molecule has 0 bridgehead atoms. The number of thiophene rings is 1. The lowest BCUT2D eigenvalue weighted by molar-refractivity contribution is -0.141. The van der Waals surface area contributed by atoms with Crippen LogP contribution >= 0.6 is 22.9 Å². The summed E-state index contributed by atoms with van der Waals surface area (Å²) in [5.74, 6) is 0. The number of hydrazone groups is 1. The zero-order chi connectivity index (χ0) is 16.3. The minimum atomic E-state index is -4.52. The highest BCUT2D eigenvalue weighted by Crippen LogP contribution is 2.30. The molecule has 0 aromatic carbocycles. The summed E-state index contributed by atoms with van der Waals surface area (Å²) in [5, 5.41) is 9.49. The first-order valence-corrected chi connectivity index (χ1v) is 7.23. The second-order valence-corrected chi connectivity index (χ2v) is 5.52. The number of rotatable bonds is 5. The van der Waals surface area contributed by atoms with E-state index in [0.717, 1.165) is 10.7 Å². The standard InChI is InChI=1S/C12H10ClF3N4OS/c1-7(20-4-2-9(19-20)12(14,15)16)10(18-17-6-21)11-8(13)3-5-22-11/h2-7H,1H3,(H,17,21)/t7-/m1/s1. The van der Waals surface area contributed by atoms with Gasteiger partial charge < -0.3 is 0 Å². The Morgan fingerprint density at radius 1 is 1.55 bits per heavy atom. The third kappa shape index (κ3) is 3.47. The number of amides is 1. The van der Waals surface area contributed by atoms with Crippen LogP contribution in [0.2, 0.25) is 5.02 Å². The van der Waals surface area contributed by atoms with Gasteiger partial charge in [-0.05, 0) is 24.4 Å². The van der Waals surface area contributed by atoms with Crippen molar-refractivity contribution in [2.24, 2.45) is 5.10 Å². The second-order valence-electron chi connectivity index (χ2n) is 4.20. The van der Waals surface area contributed by atoms with Crippen molar-refractivity contribution in [3.8, 4) is 0 Å². The third-order valence-electron chi connectivity index (χ3n) is 2.78. The molecule has 2 aromatic heterocycles. The summed E-state index contributed by atoms with van der Waals surface area (Å²) in [4.78, 5) is 11.0. The van der Waals surface area contributed by atoms with Crippen molar-refractivity contribution >= 4 is 35.1 Å². The molecular formula is C12H10ClF3N4OS. The Hall–Kier alpha value is -1.87. The number of carbonyl (C=O) groups is 1. The van der Waals surface area contributed by atoms with Gasteiger partial charge in [0.1, 0.15) is 5.71 Å². The van der Waals surface area contributed by atoms with Gasteiger partial charge in [-0.15, -0.1) is 11.3 Å². The van der Waals surface area contributed by atoms with Gasteiger partial charge in [0.2, 0.25) is 6.41 Å². The lowest BCUT2D eigenvalue weighted by Gasteiger charge is -2.14. The van der Waals surface area contributed by atoms with Gasteiger partial charge in [0.05, 0.1) is 15.9 Å². The molecule has 0 aliphatic rings. The number of hydrogen-bond donors (Lipinski definition) is 1. The largest absolute Gasteiger partial charge is 0.435 e. The summed E-state index contributed by atoms with van der Waals surface area (Å²) >= 11 is 7.29. The fourth-order valence-corrected chi connectivity index (χ4v) is 2.96. The molecule has 0 saturated carbocycles. The van der Waals surface area contributed by atoms with E-state index in [2.05, 4.69) is 15.6 Å². The monoisotopic (exact) mass is 350 g/mol. The fraction of sp³-hybridized carbons (Fsp3) is 0.250. The van der Waals surface area contributed by atoms with Crippen LogP contribution in [0.5, 0.6) is 0 Å². The number of carbonyl (C=O) groups excluding carboxylic acids is 1. The fourth-order valence-electron chi connectivity index (χ4n) is 1.74. The molecule has 0 saturated heterocycles. The van der Waals surface area contributed by atoms with Gasteiger partial charge in [-0.2, -0.15) is 23.4 Å². The van der Waals surface area contributed by atoms with E-state index >= 15 is 0 Å². The van der Waals surface area contributed by atoms with Crippen LogP contribution in [-0.2, 0) is 11.0 Å². The van der Waals surface area contributed by atoms with Crippen molar-refractivity contribution < 1.29 is 18.0 Å². The van der Waals surface area contributed by atoms with Crippen molar-refractivity contribution in [3.63, 3.8) is 0 Å². The van der Waals surface area contributed by atoms with Gasteiger partial charge in [0.25, 0.3) is 0 Å². The van der Waals surface area contributed by atoms with E-state index in [1.807, 2.05) is 0 Å². The maximum absolute atomic E-state index is 12.6. The first kappa shape index (κ1) is 16.5. The Bertz CT molecular complexity index is 695. The van der Waals surface area contributed by atoms with Gasteiger partial charge in [0.15, 0.2) is 5.69 Å². The van der Waals surface area contributed by atoms with Crippen molar-refractivity contribution in [2.75, 3.05) is 0 Å². The zero-order valence-electron chi connectivity index (χ0n) is 11.1. The van der Waals surface area contributed by atoms with E-state index in [0.29, 0.717) is 22.0 Å². The van der Waals surface area contributed by atoms with Crippen LogP contribution < -0.4 is 5.43 Å². The van der Waals surface area contributed by atoms with Crippen LogP contribution in [-0.4, -0.2) is 21.9 Å². The molecule has 0 aliphatic heterocycles. The van der Waals surface area contributed by atoms with Crippen LogP contribution in [0.25, 0.3) is 0 Å². The Morgan fingerprint density at radius 2 is 2.27 bits per heavy atom. The van der Waals surface area contributed by atoms with Crippen LogP contribution in [0.4, 0.5) is 13.2 Å². The summed E-state index contributed by atoms with van der Waals surface area (Å²) in [6.45, 7) is 1.61. The van der Waals surface area contributed by atoms with Gasteiger partial charge in [-0.3, -0.25) is 9.48 Å². The molecule has 0 fully saturated rings. The van der Waals surface area contributed by atoms with Crippen molar-refractivity contribution in [3.05, 3.63) is 39.3 Å². The van der Waals surface area contributed by atoms with Crippen molar-refractivity contribution in [1.82, 2.24) is 15.2 Å². The topological polar surface area (TPSA) is 59.3 Å². The van der Waals surface area contributed by atoms with Crippen molar-refractivity contribution in [1.29, 1.82) is 0 Å². The molecule has 2 aromatic rings. The van der Waals surface area contributed by atoms with Crippen LogP contribution in [0, 0.1) is 0 Å². The number of nitrogens with zero attached hydrogens (tertiary/aromatic N) is 3. The molecule has 1 amide bonds. The molecule has 0 spiro atoms. The summed E-state index contributed by atoms with van der Waals surface area (Å²) in [6, 6.07) is 1.85. The average molecular weight is 351 g/mol. The van der Waals surface area contributed by atoms with Gasteiger partial charge in [-0.1, -0.05) is 11.6 Å². The van der Waals surface area contributed by atoms with E-state index in [9.17, 15) is 18.0 Å². The second kappa shape index (κ2) is 6.49. The SMILES string of the molecule is C[C@H](C(=NNC=O)c1sccc1Cl)n1ccc(C(F)(F)F)n1. The lowest BCUT2D eigenvalue weighted by Crippen LogP contribution is -2.21. The predicted octanol–water partition coefficient (Wildman–Crippen LogP) is 3.33. The number of halogens is 4. The third-order valence-corrected chi connectivity index (χ3v) is 4.14. The molecule has 22 heavy (non-hydrogen) atoms. The quantitative estimate of drug-likeness (QED) is 0.511. The molecule has 1 N–H and O–H groups in total. The summed E-state index contributed by atoms with van der Waals surface area (Å²) in [5.41, 5.74) is 1.45. The molecule has 2 heterocycles. The Labute approximate surface area is 132 Å². The molecule has 0 unspecified atom stereocenters. The van der Waals surface area contributed by atoms with Crippen molar-refractivity contribution in [2.45, 2.75) is 19.1 Å². The maximum Gasteiger partial charge on any atom is 0.435 e. The number of hydrogen-bond acceptors (Lipinski definition) is 4. The summed E-state index contributed by atoms with van der Waals surface area (Å²) < 4.78 is 39.0. The number of alkyl halides is 3. The van der Waals surface area contributed by atoms with Gasteiger partial charge in [0, 0.05) is 6.20 Å². The molecular weight excluding hydrogens is 341 g/mol. The van der Waals surface area contributed by atoms with Crippen LogP contribution in [0.3, 0.4) is 0 Å². The summed E-state index contributed by atoms with van der Waals surface area (Å²) in [7, 11) is 0. The van der Waals surface area contributed by atoms with Crippen LogP contribution in [0.15, 0.2) is 28.8 Å². The first-order chi connectivity index (χ1) is 10.3. The van der Waals surface area contributed by atoms with Crippen LogP contribution in [0.1, 0.15) is 23.5 Å². The first-order valence-electron chi connectivity index (χ1n) is 5.97. The highest BCUT2D eigenvalue weighted by molar-refractivity contribution is 7.12. The van der Waals surface area contributed by atoms with E-state index < -0.39 is 17.9 Å². The molecule has 5 nitrogen and oxygen atoms in total. The summed E-state index contributed by atoms with van der Waals surface area (Å²) in [6.07, 6.45) is -2.96. The van der Waals surface area contributed by atoms with Gasteiger partial charge >= 0.3 is 6.18 Å². The molecule has 10 heteroatoms. The minimum absolute atomic E-state index is 0.309. The lowest BCUT2D eigenvalue weighted by atomic mass is 10.2. The number of aromatic nitrogens is 2. The van der Waals surface area contributed by atoms with E-state index in [-0.39, 0.29) is 0 Å². The molecule has 0 aliphatic carbocycles. The highest BCUT2D eigenvalue weighted by Gasteiger charge is 2.34. The Morgan fingerprint density at radius 3 is 2.77 bits per heavy atom. The molecule has 118 valence electrons. The molecule has 2 rings (SSSR count). The Balaban J connectivity index is 2.38. The smallest absolute Gasteiger partial charge is 0.277 e. The normalized spacial score (nSPS) is 14.0. The Kier molecular flexibility index (Phi) is 4.87. The molecule has 1 atom stereocenters. The highest BCUT2D eigenvalue weighted by atomic mass is 35.5. The average Bonchev–Trinajstić information content (AvgIpc) is 3.08. The van der Waals surface area contributed by atoms with E-state index in [4.69, 9.17) is 11.6 Å². The zero-order valence-corrected chi connectivity index (χ0v) is 12.7.